The minimum Gasteiger partial charge on any atom is -0.465 e. The number of aromatic nitrogens is 2. The standard InChI is InChI=1S/C20H18N4O5/c1-13-4-3-5-14(8-13)12-23-18(6-7-21-23)22-19(25)15-9-16(20(26)29-2)11-17(10-15)24(27)28/h3-11H,12H2,1-2H3,(H,22,25). The van der Waals surface area contributed by atoms with Crippen LogP contribution in [0.3, 0.4) is 0 Å². The fourth-order valence-corrected chi connectivity index (χ4v) is 2.82. The van der Waals surface area contributed by atoms with Gasteiger partial charge in [0.2, 0.25) is 0 Å². The van der Waals surface area contributed by atoms with Gasteiger partial charge in [-0.05, 0) is 18.6 Å². The third kappa shape index (κ3) is 4.64. The molecule has 0 aliphatic rings. The molecule has 1 amide bonds. The number of rotatable bonds is 6. The molecule has 0 radical (unpaired) electrons. The lowest BCUT2D eigenvalue weighted by Gasteiger charge is -2.10. The number of anilines is 1. The third-order valence-electron chi connectivity index (χ3n) is 4.18. The Balaban J connectivity index is 1.86. The summed E-state index contributed by atoms with van der Waals surface area (Å²) in [5.41, 5.74) is 1.61. The van der Waals surface area contributed by atoms with Gasteiger partial charge in [0.15, 0.2) is 0 Å². The highest BCUT2D eigenvalue weighted by atomic mass is 16.6. The fraction of sp³-hybridized carbons (Fsp3) is 0.150. The average molecular weight is 394 g/mol. The largest absolute Gasteiger partial charge is 0.465 e. The summed E-state index contributed by atoms with van der Waals surface area (Å²) in [6.45, 7) is 2.42. The Hall–Kier alpha value is -4.01. The number of esters is 1. The first-order chi connectivity index (χ1) is 13.9. The van der Waals surface area contributed by atoms with E-state index in [-0.39, 0.29) is 16.8 Å². The van der Waals surface area contributed by atoms with Crippen molar-refractivity contribution >= 4 is 23.4 Å². The molecule has 0 saturated heterocycles. The monoisotopic (exact) mass is 394 g/mol. The van der Waals surface area contributed by atoms with Gasteiger partial charge in [-0.15, -0.1) is 0 Å². The first-order valence-electron chi connectivity index (χ1n) is 8.64. The normalized spacial score (nSPS) is 10.4. The summed E-state index contributed by atoms with van der Waals surface area (Å²) in [5, 5.41) is 18.0. The van der Waals surface area contributed by atoms with Crippen LogP contribution in [0.25, 0.3) is 0 Å². The van der Waals surface area contributed by atoms with E-state index in [0.29, 0.717) is 12.4 Å². The van der Waals surface area contributed by atoms with Crippen LogP contribution >= 0.6 is 0 Å². The van der Waals surface area contributed by atoms with Gasteiger partial charge >= 0.3 is 5.97 Å². The van der Waals surface area contributed by atoms with Gasteiger partial charge in [-0.3, -0.25) is 14.9 Å². The predicted octanol–water partition coefficient (Wildman–Crippen LogP) is 3.19. The molecule has 29 heavy (non-hydrogen) atoms. The predicted molar refractivity (Wildman–Crippen MR) is 105 cm³/mol. The fourth-order valence-electron chi connectivity index (χ4n) is 2.82. The smallest absolute Gasteiger partial charge is 0.338 e. The Bertz CT molecular complexity index is 1090. The van der Waals surface area contributed by atoms with Crippen molar-refractivity contribution in [3.63, 3.8) is 0 Å². The number of benzene rings is 2. The molecule has 9 nitrogen and oxygen atoms in total. The number of nitrogens with one attached hydrogen (secondary N) is 1. The second kappa shape index (κ2) is 8.34. The number of nitro groups is 1. The van der Waals surface area contributed by atoms with Gasteiger partial charge in [-0.25, -0.2) is 9.48 Å². The number of hydrogen-bond acceptors (Lipinski definition) is 6. The molecule has 1 N–H and O–H groups in total. The molecular weight excluding hydrogens is 376 g/mol. The molecular formula is C20H18N4O5. The summed E-state index contributed by atoms with van der Waals surface area (Å²) >= 11 is 0. The zero-order valence-electron chi connectivity index (χ0n) is 15.8. The molecule has 0 atom stereocenters. The Morgan fingerprint density at radius 3 is 2.62 bits per heavy atom. The van der Waals surface area contributed by atoms with E-state index < -0.39 is 16.8 Å². The Labute approximate surface area is 166 Å². The Morgan fingerprint density at radius 2 is 1.93 bits per heavy atom. The number of amides is 1. The van der Waals surface area contributed by atoms with E-state index in [2.05, 4.69) is 15.2 Å². The molecule has 3 aromatic rings. The highest BCUT2D eigenvalue weighted by molar-refractivity contribution is 6.05. The number of aryl methyl sites for hydroxylation is 1. The summed E-state index contributed by atoms with van der Waals surface area (Å²) < 4.78 is 6.20. The maximum Gasteiger partial charge on any atom is 0.338 e. The van der Waals surface area contributed by atoms with E-state index in [0.717, 1.165) is 30.4 Å². The van der Waals surface area contributed by atoms with Crippen molar-refractivity contribution in [1.82, 2.24) is 9.78 Å². The summed E-state index contributed by atoms with van der Waals surface area (Å²) in [7, 11) is 1.16. The lowest BCUT2D eigenvalue weighted by Crippen LogP contribution is -2.17. The Morgan fingerprint density at radius 1 is 1.17 bits per heavy atom. The molecule has 0 aliphatic heterocycles. The van der Waals surface area contributed by atoms with Gasteiger partial charge in [0.25, 0.3) is 11.6 Å². The van der Waals surface area contributed by atoms with Crippen LogP contribution in [-0.2, 0) is 11.3 Å². The molecule has 1 heterocycles. The minimum atomic E-state index is -0.771. The number of non-ortho nitro benzene ring substituents is 1. The van der Waals surface area contributed by atoms with E-state index in [1.54, 1.807) is 16.9 Å². The van der Waals surface area contributed by atoms with E-state index in [1.807, 2.05) is 31.2 Å². The number of nitrogens with zero attached hydrogens (tertiary/aromatic N) is 3. The molecule has 0 aliphatic carbocycles. The average Bonchev–Trinajstić information content (AvgIpc) is 3.13. The van der Waals surface area contributed by atoms with Crippen LogP contribution in [0.5, 0.6) is 0 Å². The lowest BCUT2D eigenvalue weighted by atomic mass is 10.1. The van der Waals surface area contributed by atoms with Crippen molar-refractivity contribution in [1.29, 1.82) is 0 Å². The zero-order chi connectivity index (χ0) is 21.0. The lowest BCUT2D eigenvalue weighted by molar-refractivity contribution is -0.384. The molecule has 148 valence electrons. The van der Waals surface area contributed by atoms with E-state index in [4.69, 9.17) is 0 Å². The van der Waals surface area contributed by atoms with Crippen LogP contribution in [0, 0.1) is 17.0 Å². The van der Waals surface area contributed by atoms with E-state index in [1.165, 1.54) is 6.07 Å². The van der Waals surface area contributed by atoms with Crippen molar-refractivity contribution in [3.05, 3.63) is 87.1 Å². The number of carbonyl (C=O) groups is 2. The second-order valence-corrected chi connectivity index (χ2v) is 6.33. The summed E-state index contributed by atoms with van der Waals surface area (Å²) in [6, 6.07) is 12.9. The zero-order valence-corrected chi connectivity index (χ0v) is 15.8. The molecule has 0 spiro atoms. The van der Waals surface area contributed by atoms with Crippen molar-refractivity contribution < 1.29 is 19.2 Å². The molecule has 3 rings (SSSR count). The first-order valence-corrected chi connectivity index (χ1v) is 8.64. The SMILES string of the molecule is COC(=O)c1cc(C(=O)Nc2ccnn2Cc2cccc(C)c2)cc([N+](=O)[O-])c1. The summed E-state index contributed by atoms with van der Waals surface area (Å²) in [4.78, 5) is 34.9. The van der Waals surface area contributed by atoms with Crippen molar-refractivity contribution in [2.24, 2.45) is 0 Å². The molecule has 0 saturated carbocycles. The van der Waals surface area contributed by atoms with Gasteiger partial charge in [0.1, 0.15) is 5.82 Å². The topological polar surface area (TPSA) is 116 Å². The minimum absolute atomic E-state index is 0.0390. The number of nitro benzene ring substituents is 1. The van der Waals surface area contributed by atoms with Gasteiger partial charge in [0.05, 0.1) is 30.3 Å². The summed E-state index contributed by atoms with van der Waals surface area (Å²) in [5.74, 6) is -0.959. The van der Waals surface area contributed by atoms with Gasteiger partial charge in [0, 0.05) is 23.8 Å². The Kier molecular flexibility index (Phi) is 5.68. The van der Waals surface area contributed by atoms with Crippen LogP contribution in [0.1, 0.15) is 31.8 Å². The van der Waals surface area contributed by atoms with Crippen molar-refractivity contribution in [2.45, 2.75) is 13.5 Å². The first kappa shape index (κ1) is 19.7. The molecule has 0 bridgehead atoms. The van der Waals surface area contributed by atoms with Crippen LogP contribution < -0.4 is 5.32 Å². The van der Waals surface area contributed by atoms with E-state index >= 15 is 0 Å². The molecule has 0 fully saturated rings. The molecule has 2 aromatic carbocycles. The van der Waals surface area contributed by atoms with Crippen LogP contribution in [0.2, 0.25) is 0 Å². The highest BCUT2D eigenvalue weighted by Crippen LogP contribution is 2.20. The maximum atomic E-state index is 12.7. The van der Waals surface area contributed by atoms with Crippen LogP contribution in [0.4, 0.5) is 11.5 Å². The third-order valence-corrected chi connectivity index (χ3v) is 4.18. The van der Waals surface area contributed by atoms with Crippen LogP contribution in [0.15, 0.2) is 54.7 Å². The van der Waals surface area contributed by atoms with E-state index in [9.17, 15) is 19.7 Å². The number of hydrogen-bond donors (Lipinski definition) is 1. The molecule has 0 unspecified atom stereocenters. The number of methoxy groups -OCH3 is 1. The maximum absolute atomic E-state index is 12.7. The van der Waals surface area contributed by atoms with Crippen LogP contribution in [-0.4, -0.2) is 33.7 Å². The van der Waals surface area contributed by atoms with Gasteiger partial charge in [-0.2, -0.15) is 5.10 Å². The van der Waals surface area contributed by atoms with Gasteiger partial charge in [-0.1, -0.05) is 29.8 Å². The second-order valence-electron chi connectivity index (χ2n) is 6.33. The van der Waals surface area contributed by atoms with Crippen molar-refractivity contribution in [3.8, 4) is 0 Å². The quantitative estimate of drug-likeness (QED) is 0.390. The highest BCUT2D eigenvalue weighted by Gasteiger charge is 2.19. The summed E-state index contributed by atoms with van der Waals surface area (Å²) in [6.07, 6.45) is 1.54. The molecule has 1 aromatic heterocycles. The number of carbonyl (C=O) groups excluding carboxylic acids is 2. The molecule has 9 heteroatoms. The van der Waals surface area contributed by atoms with Crippen molar-refractivity contribution in [2.75, 3.05) is 12.4 Å². The van der Waals surface area contributed by atoms with Gasteiger partial charge < -0.3 is 10.1 Å². The number of ether oxygens (including phenoxy) is 1.